The molecular weight excluding hydrogens is 364 g/mol. The summed E-state index contributed by atoms with van der Waals surface area (Å²) in [6, 6.07) is 0. The third-order valence-electron chi connectivity index (χ3n) is 4.03. The molecular formula is C25H52O4. The maximum absolute atomic E-state index is 6.05. The number of ether oxygens (including phenoxy) is 4. The number of hydrogen-bond acceptors (Lipinski definition) is 4. The molecule has 0 fully saturated rings. The van der Waals surface area contributed by atoms with Crippen LogP contribution in [0.15, 0.2) is 0 Å². The Morgan fingerprint density at radius 2 is 0.483 bits per heavy atom. The minimum absolute atomic E-state index is 0.00850. The predicted octanol–water partition coefficient (Wildman–Crippen LogP) is 6.22. The highest BCUT2D eigenvalue weighted by Crippen LogP contribution is 2.24. The molecule has 0 spiro atoms. The van der Waals surface area contributed by atoms with E-state index in [-0.39, 0.29) is 27.1 Å². The first kappa shape index (κ1) is 28.8. The average Bonchev–Trinajstić information content (AvgIpc) is 2.42. The lowest BCUT2D eigenvalue weighted by Crippen LogP contribution is -2.33. The van der Waals surface area contributed by atoms with Crippen LogP contribution in [0.5, 0.6) is 0 Å². The van der Waals surface area contributed by atoms with Crippen LogP contribution < -0.4 is 0 Å². The Bertz CT molecular complexity index is 399. The maximum Gasteiger partial charge on any atom is 0.0539 e. The second-order valence-corrected chi connectivity index (χ2v) is 13.6. The van der Waals surface area contributed by atoms with E-state index >= 15 is 0 Å². The van der Waals surface area contributed by atoms with Crippen LogP contribution >= 0.6 is 0 Å². The highest BCUT2D eigenvalue weighted by atomic mass is 16.5. The molecule has 4 nitrogen and oxygen atoms in total. The SMILES string of the molecule is CC(C)(C)COCC(C)(C)COCC(C)(C)COCC(C)(C)COCC(C)(C)C. The molecule has 0 aromatic rings. The van der Waals surface area contributed by atoms with Gasteiger partial charge in [-0.2, -0.15) is 0 Å². The molecule has 0 aliphatic carbocycles. The lowest BCUT2D eigenvalue weighted by molar-refractivity contribution is -0.0694. The van der Waals surface area contributed by atoms with Crippen LogP contribution in [0.1, 0.15) is 83.1 Å². The third kappa shape index (κ3) is 18.3. The van der Waals surface area contributed by atoms with E-state index in [2.05, 4.69) is 83.1 Å². The van der Waals surface area contributed by atoms with Crippen molar-refractivity contribution in [3.8, 4) is 0 Å². The van der Waals surface area contributed by atoms with Gasteiger partial charge in [-0.3, -0.25) is 0 Å². The van der Waals surface area contributed by atoms with Gasteiger partial charge >= 0.3 is 0 Å². The van der Waals surface area contributed by atoms with Crippen molar-refractivity contribution < 1.29 is 18.9 Å². The Labute approximate surface area is 182 Å². The van der Waals surface area contributed by atoms with Crippen LogP contribution in [0, 0.1) is 27.1 Å². The summed E-state index contributed by atoms with van der Waals surface area (Å²) >= 11 is 0. The van der Waals surface area contributed by atoms with Crippen molar-refractivity contribution in [1.29, 1.82) is 0 Å². The van der Waals surface area contributed by atoms with Crippen LogP contribution in [0.3, 0.4) is 0 Å². The zero-order chi connectivity index (χ0) is 23.0. The molecule has 0 atom stereocenters. The van der Waals surface area contributed by atoms with Crippen LogP contribution in [-0.4, -0.2) is 52.9 Å². The van der Waals surface area contributed by atoms with Crippen molar-refractivity contribution in [3.63, 3.8) is 0 Å². The zero-order valence-corrected chi connectivity index (χ0v) is 21.8. The van der Waals surface area contributed by atoms with Crippen molar-refractivity contribution in [2.24, 2.45) is 27.1 Å². The molecule has 4 heteroatoms. The second kappa shape index (κ2) is 11.5. The molecule has 0 N–H and O–H groups in total. The summed E-state index contributed by atoms with van der Waals surface area (Å²) < 4.78 is 23.9. The van der Waals surface area contributed by atoms with Gasteiger partial charge in [0.15, 0.2) is 0 Å². The summed E-state index contributed by atoms with van der Waals surface area (Å²) in [5.41, 5.74) is 0.386. The normalized spacial score (nSPS) is 14.5. The molecule has 0 saturated carbocycles. The summed E-state index contributed by atoms with van der Waals surface area (Å²) in [6.07, 6.45) is 0. The topological polar surface area (TPSA) is 36.9 Å². The van der Waals surface area contributed by atoms with Crippen LogP contribution in [0.25, 0.3) is 0 Å². The molecule has 29 heavy (non-hydrogen) atoms. The lowest BCUT2D eigenvalue weighted by Gasteiger charge is -2.31. The monoisotopic (exact) mass is 416 g/mol. The highest BCUT2D eigenvalue weighted by Gasteiger charge is 2.26. The van der Waals surface area contributed by atoms with E-state index in [1.807, 2.05) is 0 Å². The number of hydrogen-bond donors (Lipinski definition) is 0. The maximum atomic E-state index is 6.05. The average molecular weight is 417 g/mol. The standard InChI is InChI=1S/C25H52O4/c1-21(2,3)13-26-15-23(7,8)17-28-19-25(11,12)20-29-18-24(9,10)16-27-14-22(4,5)6/h13-20H2,1-12H3. The van der Waals surface area contributed by atoms with Gasteiger partial charge in [0.1, 0.15) is 0 Å². The first-order valence-corrected chi connectivity index (χ1v) is 11.1. The molecule has 0 bridgehead atoms. The Morgan fingerprint density at radius 3 is 0.655 bits per heavy atom. The Kier molecular flexibility index (Phi) is 11.4. The lowest BCUT2D eigenvalue weighted by atomic mass is 9.93. The van der Waals surface area contributed by atoms with Gasteiger partial charge in [0.05, 0.1) is 52.9 Å². The summed E-state index contributed by atoms with van der Waals surface area (Å²) in [5, 5.41) is 0. The summed E-state index contributed by atoms with van der Waals surface area (Å²) in [5.74, 6) is 0. The predicted molar refractivity (Wildman–Crippen MR) is 124 cm³/mol. The largest absolute Gasteiger partial charge is 0.380 e. The first-order chi connectivity index (χ1) is 12.8. The molecule has 0 amide bonds. The second-order valence-electron chi connectivity index (χ2n) is 13.6. The Hall–Kier alpha value is -0.160. The van der Waals surface area contributed by atoms with Gasteiger partial charge in [-0.05, 0) is 10.8 Å². The molecule has 176 valence electrons. The summed E-state index contributed by atoms with van der Waals surface area (Å²) in [7, 11) is 0. The van der Waals surface area contributed by atoms with E-state index in [1.165, 1.54) is 0 Å². The van der Waals surface area contributed by atoms with Crippen molar-refractivity contribution in [2.75, 3.05) is 52.9 Å². The van der Waals surface area contributed by atoms with E-state index in [9.17, 15) is 0 Å². The van der Waals surface area contributed by atoms with E-state index in [0.717, 1.165) is 13.2 Å². The van der Waals surface area contributed by atoms with Crippen LogP contribution in [0.2, 0.25) is 0 Å². The van der Waals surface area contributed by atoms with E-state index in [1.54, 1.807) is 0 Å². The van der Waals surface area contributed by atoms with Crippen LogP contribution in [-0.2, 0) is 18.9 Å². The van der Waals surface area contributed by atoms with Gasteiger partial charge in [-0.15, -0.1) is 0 Å². The molecule has 0 saturated heterocycles. The number of rotatable bonds is 14. The van der Waals surface area contributed by atoms with E-state index in [4.69, 9.17) is 18.9 Å². The fraction of sp³-hybridized carbons (Fsp3) is 1.00. The summed E-state index contributed by atoms with van der Waals surface area (Å²) in [4.78, 5) is 0. The van der Waals surface area contributed by atoms with Gasteiger partial charge < -0.3 is 18.9 Å². The van der Waals surface area contributed by atoms with Crippen molar-refractivity contribution in [2.45, 2.75) is 83.1 Å². The fourth-order valence-corrected chi connectivity index (χ4v) is 2.60. The molecule has 0 rings (SSSR count). The minimum atomic E-state index is -0.0231. The first-order valence-electron chi connectivity index (χ1n) is 11.1. The zero-order valence-electron chi connectivity index (χ0n) is 21.8. The van der Waals surface area contributed by atoms with E-state index in [0.29, 0.717) is 39.6 Å². The van der Waals surface area contributed by atoms with Gasteiger partial charge in [-0.1, -0.05) is 83.1 Å². The highest BCUT2D eigenvalue weighted by molar-refractivity contribution is 4.73. The molecule has 0 aromatic carbocycles. The van der Waals surface area contributed by atoms with Crippen LogP contribution in [0.4, 0.5) is 0 Å². The van der Waals surface area contributed by atoms with Gasteiger partial charge in [-0.25, -0.2) is 0 Å². The van der Waals surface area contributed by atoms with E-state index < -0.39 is 0 Å². The quantitative estimate of drug-likeness (QED) is 0.337. The summed E-state index contributed by atoms with van der Waals surface area (Å²) in [6.45, 7) is 32.0. The molecule has 0 heterocycles. The molecule has 0 unspecified atom stereocenters. The molecule has 0 aromatic heterocycles. The molecule has 0 radical (unpaired) electrons. The van der Waals surface area contributed by atoms with Crippen molar-refractivity contribution in [1.82, 2.24) is 0 Å². The third-order valence-corrected chi connectivity index (χ3v) is 4.03. The van der Waals surface area contributed by atoms with Gasteiger partial charge in [0, 0.05) is 16.2 Å². The minimum Gasteiger partial charge on any atom is -0.380 e. The van der Waals surface area contributed by atoms with Gasteiger partial charge in [0.25, 0.3) is 0 Å². The fourth-order valence-electron chi connectivity index (χ4n) is 2.60. The smallest absolute Gasteiger partial charge is 0.0539 e. The molecule has 0 aliphatic heterocycles. The van der Waals surface area contributed by atoms with Gasteiger partial charge in [0.2, 0.25) is 0 Å². The Morgan fingerprint density at radius 1 is 0.310 bits per heavy atom. The Balaban J connectivity index is 4.13. The molecule has 0 aliphatic rings. The van der Waals surface area contributed by atoms with Crippen molar-refractivity contribution in [3.05, 3.63) is 0 Å². The van der Waals surface area contributed by atoms with Crippen molar-refractivity contribution >= 4 is 0 Å².